The van der Waals surface area contributed by atoms with Crippen molar-refractivity contribution in [3.8, 4) is 0 Å². The minimum atomic E-state index is -0.343. The van der Waals surface area contributed by atoms with Crippen LogP contribution in [0.3, 0.4) is 0 Å². The second kappa shape index (κ2) is 8.32. The van der Waals surface area contributed by atoms with Crippen LogP contribution in [0.1, 0.15) is 43.7 Å². The monoisotopic (exact) mass is 342 g/mol. The standard InChI is InChI=1S/C20H23ClN2O/c21-16-11-13-18(14-12-16)23-20(24)19(15-7-3-1-4-8-15)22-17-9-5-2-6-10-17/h1,3-4,7-8,11-14,17,19,22H,2,5-6,9-10H2,(H,23,24)/t19-/m0/s1. The average Bonchev–Trinajstić information content (AvgIpc) is 2.63. The van der Waals surface area contributed by atoms with Crippen molar-refractivity contribution in [1.29, 1.82) is 0 Å². The molecule has 2 aromatic rings. The number of nitrogens with one attached hydrogen (secondary N) is 2. The lowest BCUT2D eigenvalue weighted by molar-refractivity contribution is -0.118. The number of anilines is 1. The summed E-state index contributed by atoms with van der Waals surface area (Å²) in [5.41, 5.74) is 1.75. The summed E-state index contributed by atoms with van der Waals surface area (Å²) in [6.45, 7) is 0. The molecule has 1 aliphatic rings. The van der Waals surface area contributed by atoms with Crippen molar-refractivity contribution in [2.45, 2.75) is 44.2 Å². The van der Waals surface area contributed by atoms with Gasteiger partial charge in [-0.2, -0.15) is 0 Å². The molecule has 0 unspecified atom stereocenters. The second-order valence-electron chi connectivity index (χ2n) is 6.34. The van der Waals surface area contributed by atoms with Crippen molar-refractivity contribution in [3.63, 3.8) is 0 Å². The van der Waals surface area contributed by atoms with Gasteiger partial charge in [-0.15, -0.1) is 0 Å². The Morgan fingerprint density at radius 2 is 1.62 bits per heavy atom. The molecule has 3 nitrogen and oxygen atoms in total. The summed E-state index contributed by atoms with van der Waals surface area (Å²) in [5, 5.41) is 7.22. The largest absolute Gasteiger partial charge is 0.324 e. The van der Waals surface area contributed by atoms with E-state index in [0.717, 1.165) is 24.1 Å². The zero-order valence-corrected chi connectivity index (χ0v) is 14.4. The first-order valence-corrected chi connectivity index (χ1v) is 8.97. The normalized spacial score (nSPS) is 16.5. The highest BCUT2D eigenvalue weighted by Gasteiger charge is 2.24. The fourth-order valence-corrected chi connectivity index (χ4v) is 3.35. The van der Waals surface area contributed by atoms with Crippen LogP contribution in [0.15, 0.2) is 54.6 Å². The third-order valence-electron chi connectivity index (χ3n) is 4.51. The number of rotatable bonds is 5. The third kappa shape index (κ3) is 4.59. The van der Waals surface area contributed by atoms with Crippen molar-refractivity contribution < 1.29 is 4.79 Å². The van der Waals surface area contributed by atoms with Crippen LogP contribution >= 0.6 is 11.6 Å². The summed E-state index contributed by atoms with van der Waals surface area (Å²) in [5.74, 6) is -0.0332. The minimum Gasteiger partial charge on any atom is -0.324 e. The number of hydrogen-bond acceptors (Lipinski definition) is 2. The Labute approximate surface area is 148 Å². The van der Waals surface area contributed by atoms with Gasteiger partial charge in [-0.05, 0) is 42.7 Å². The van der Waals surface area contributed by atoms with Crippen LogP contribution in [-0.4, -0.2) is 11.9 Å². The van der Waals surface area contributed by atoms with Crippen LogP contribution in [0.4, 0.5) is 5.69 Å². The summed E-state index contributed by atoms with van der Waals surface area (Å²) in [6.07, 6.45) is 6.04. The van der Waals surface area contributed by atoms with Crippen LogP contribution in [-0.2, 0) is 4.79 Å². The highest BCUT2D eigenvalue weighted by molar-refractivity contribution is 6.30. The molecule has 0 heterocycles. The van der Waals surface area contributed by atoms with Gasteiger partial charge in [0.2, 0.25) is 5.91 Å². The second-order valence-corrected chi connectivity index (χ2v) is 6.78. The minimum absolute atomic E-state index is 0.0332. The maximum absolute atomic E-state index is 12.9. The van der Waals surface area contributed by atoms with E-state index in [1.165, 1.54) is 19.3 Å². The SMILES string of the molecule is O=C(Nc1ccc(Cl)cc1)[C@@H](NC1CCCCC1)c1ccccc1. The molecule has 1 aliphatic carbocycles. The van der Waals surface area contributed by atoms with Crippen LogP contribution in [0.25, 0.3) is 0 Å². The van der Waals surface area contributed by atoms with E-state index in [1.54, 1.807) is 12.1 Å². The summed E-state index contributed by atoms with van der Waals surface area (Å²) < 4.78 is 0. The lowest BCUT2D eigenvalue weighted by Crippen LogP contribution is -2.40. The molecule has 0 aromatic heterocycles. The Morgan fingerprint density at radius 3 is 2.29 bits per heavy atom. The van der Waals surface area contributed by atoms with Gasteiger partial charge in [0.1, 0.15) is 6.04 Å². The Morgan fingerprint density at radius 1 is 0.958 bits per heavy atom. The molecule has 0 bridgehead atoms. The average molecular weight is 343 g/mol. The summed E-state index contributed by atoms with van der Waals surface area (Å²) in [4.78, 5) is 12.9. The van der Waals surface area contributed by atoms with E-state index in [-0.39, 0.29) is 11.9 Å². The van der Waals surface area contributed by atoms with Crippen molar-refractivity contribution in [3.05, 3.63) is 65.2 Å². The van der Waals surface area contributed by atoms with Crippen molar-refractivity contribution in [2.24, 2.45) is 0 Å². The Balaban J connectivity index is 1.75. The molecule has 0 radical (unpaired) electrons. The van der Waals surface area contributed by atoms with Gasteiger partial charge in [0.25, 0.3) is 0 Å². The Bertz CT molecular complexity index is 651. The molecule has 3 rings (SSSR count). The van der Waals surface area contributed by atoms with E-state index in [4.69, 9.17) is 11.6 Å². The van der Waals surface area contributed by atoms with Gasteiger partial charge in [-0.25, -0.2) is 0 Å². The smallest absolute Gasteiger partial charge is 0.246 e. The van der Waals surface area contributed by atoms with Gasteiger partial charge in [-0.1, -0.05) is 61.2 Å². The summed E-state index contributed by atoms with van der Waals surface area (Å²) in [6, 6.07) is 17.2. The number of benzene rings is 2. The highest BCUT2D eigenvalue weighted by atomic mass is 35.5. The van der Waals surface area contributed by atoms with Crippen molar-refractivity contribution in [2.75, 3.05) is 5.32 Å². The fraction of sp³-hybridized carbons (Fsp3) is 0.350. The molecule has 1 saturated carbocycles. The zero-order valence-electron chi connectivity index (χ0n) is 13.7. The number of carbonyl (C=O) groups is 1. The van der Waals surface area contributed by atoms with Gasteiger partial charge in [0.05, 0.1) is 0 Å². The molecule has 1 amide bonds. The van der Waals surface area contributed by atoms with Gasteiger partial charge in [-0.3, -0.25) is 10.1 Å². The van der Waals surface area contributed by atoms with Gasteiger partial charge in [0.15, 0.2) is 0 Å². The van der Waals surface area contributed by atoms with Crippen LogP contribution < -0.4 is 10.6 Å². The molecule has 24 heavy (non-hydrogen) atoms. The number of halogens is 1. The molecule has 2 N–H and O–H groups in total. The molecule has 0 saturated heterocycles. The first-order valence-electron chi connectivity index (χ1n) is 8.60. The van der Waals surface area contributed by atoms with E-state index in [2.05, 4.69) is 10.6 Å². The van der Waals surface area contributed by atoms with E-state index in [0.29, 0.717) is 11.1 Å². The fourth-order valence-electron chi connectivity index (χ4n) is 3.22. The number of hydrogen-bond donors (Lipinski definition) is 2. The molecule has 0 spiro atoms. The topological polar surface area (TPSA) is 41.1 Å². The van der Waals surface area contributed by atoms with E-state index < -0.39 is 0 Å². The molecule has 1 atom stereocenters. The van der Waals surface area contributed by atoms with E-state index in [1.807, 2.05) is 42.5 Å². The molecule has 0 aliphatic heterocycles. The molecule has 126 valence electrons. The van der Waals surface area contributed by atoms with E-state index in [9.17, 15) is 4.79 Å². The molecule has 4 heteroatoms. The molecular formula is C20H23ClN2O. The third-order valence-corrected chi connectivity index (χ3v) is 4.77. The van der Waals surface area contributed by atoms with E-state index >= 15 is 0 Å². The van der Waals surface area contributed by atoms with Crippen molar-refractivity contribution in [1.82, 2.24) is 5.32 Å². The highest BCUT2D eigenvalue weighted by Crippen LogP contribution is 2.23. The first kappa shape index (κ1) is 17.0. The lowest BCUT2D eigenvalue weighted by Gasteiger charge is -2.28. The summed E-state index contributed by atoms with van der Waals surface area (Å²) >= 11 is 5.91. The number of amides is 1. The van der Waals surface area contributed by atoms with Gasteiger partial charge < -0.3 is 5.32 Å². The Hall–Kier alpha value is -1.84. The molecular weight excluding hydrogens is 320 g/mol. The van der Waals surface area contributed by atoms with Crippen molar-refractivity contribution >= 4 is 23.2 Å². The Kier molecular flexibility index (Phi) is 5.89. The number of carbonyl (C=O) groups excluding carboxylic acids is 1. The maximum atomic E-state index is 12.9. The van der Waals surface area contributed by atoms with Gasteiger partial charge in [0, 0.05) is 16.8 Å². The first-order chi connectivity index (χ1) is 11.7. The van der Waals surface area contributed by atoms with Gasteiger partial charge >= 0.3 is 0 Å². The predicted molar refractivity (Wildman–Crippen MR) is 99.3 cm³/mol. The van der Waals surface area contributed by atoms with Crippen LogP contribution in [0.2, 0.25) is 5.02 Å². The van der Waals surface area contributed by atoms with Crippen LogP contribution in [0.5, 0.6) is 0 Å². The molecule has 2 aromatic carbocycles. The van der Waals surface area contributed by atoms with Crippen LogP contribution in [0, 0.1) is 0 Å². The predicted octanol–water partition coefficient (Wildman–Crippen LogP) is 4.94. The molecule has 1 fully saturated rings. The quantitative estimate of drug-likeness (QED) is 0.807. The lowest BCUT2D eigenvalue weighted by atomic mass is 9.93. The summed E-state index contributed by atoms with van der Waals surface area (Å²) in [7, 11) is 0. The maximum Gasteiger partial charge on any atom is 0.246 e. The zero-order chi connectivity index (χ0) is 16.8.